The summed E-state index contributed by atoms with van der Waals surface area (Å²) in [6, 6.07) is 93.0. The van der Waals surface area contributed by atoms with Crippen LogP contribution in [0.4, 0.5) is 17.1 Å². The maximum atomic E-state index is 7.08. The smallest absolute Gasteiger partial charge is 0.143 e. The number of hydrogen-bond acceptors (Lipinski definition) is 2. The highest BCUT2D eigenvalue weighted by Crippen LogP contribution is 2.64. The van der Waals surface area contributed by atoms with Crippen molar-refractivity contribution in [2.45, 2.75) is 24.7 Å². The first-order valence-electron chi connectivity index (χ1n) is 25.9. The summed E-state index contributed by atoms with van der Waals surface area (Å²) >= 11 is 0. The average Bonchev–Trinajstić information content (AvgIpc) is 4.26. The number of fused-ring (bicyclic) bond motifs is 19. The quantitative estimate of drug-likeness (QED) is 0.171. The van der Waals surface area contributed by atoms with E-state index in [0.29, 0.717) is 0 Å². The minimum absolute atomic E-state index is 0.212. The third-order valence-electron chi connectivity index (χ3n) is 17.1. The maximum Gasteiger partial charge on any atom is 0.143 e. The first-order valence-corrected chi connectivity index (χ1v) is 25.9. The second-order valence-corrected chi connectivity index (χ2v) is 21.1. The Hall–Kier alpha value is -9.24. The van der Waals surface area contributed by atoms with Crippen LogP contribution < -0.4 is 4.90 Å². The third-order valence-corrected chi connectivity index (χ3v) is 17.1. The fourth-order valence-electron chi connectivity index (χ4n) is 13.9. The molecule has 2 nitrogen and oxygen atoms in total. The summed E-state index contributed by atoms with van der Waals surface area (Å²) in [6.45, 7) is 4.77. The van der Waals surface area contributed by atoms with Gasteiger partial charge in [0.25, 0.3) is 0 Å². The molecule has 1 spiro atoms. The standard InChI is InChI=1S/C72H47NO/c1-71(2)60-29-11-7-24-53(60)57-37-34-48(42-64(57)71)73(49-35-38-58-56-27-10-14-32-63(56)72(65(58)43-49)61-30-12-8-25-54(61)55-26-9-13-31-62(55)72)66-39-40-67-69(59-36-33-45-18-4-6-23-52(45)70(59)74-67)68(66)47-21-15-20-46(41-47)51-28-16-19-44-17-3-5-22-50(44)51/h3-43H,1-2H3. The van der Waals surface area contributed by atoms with E-state index in [1.54, 1.807) is 0 Å². The molecule has 3 aliphatic rings. The first-order chi connectivity index (χ1) is 36.5. The van der Waals surface area contributed by atoms with Gasteiger partial charge in [-0.05, 0) is 148 Å². The Bertz CT molecular complexity index is 4480. The Balaban J connectivity index is 1.02. The summed E-state index contributed by atoms with van der Waals surface area (Å²) < 4.78 is 7.08. The fraction of sp³-hybridized carbons (Fsp3) is 0.0556. The summed E-state index contributed by atoms with van der Waals surface area (Å²) in [5.41, 5.74) is 24.7. The van der Waals surface area contributed by atoms with Crippen LogP contribution in [0.2, 0.25) is 0 Å². The van der Waals surface area contributed by atoms with Gasteiger partial charge in [-0.3, -0.25) is 0 Å². The Morgan fingerprint density at radius 1 is 0.338 bits per heavy atom. The van der Waals surface area contributed by atoms with Crippen LogP contribution in [0.25, 0.3) is 99.1 Å². The molecule has 346 valence electrons. The molecule has 0 atom stereocenters. The van der Waals surface area contributed by atoms with Crippen molar-refractivity contribution in [3.8, 4) is 55.6 Å². The lowest BCUT2D eigenvalue weighted by Gasteiger charge is -2.33. The molecule has 0 unspecified atom stereocenters. The van der Waals surface area contributed by atoms with E-state index >= 15 is 0 Å². The number of benzene rings is 12. The largest absolute Gasteiger partial charge is 0.455 e. The lowest BCUT2D eigenvalue weighted by molar-refractivity contribution is 0.660. The van der Waals surface area contributed by atoms with E-state index in [1.165, 1.54) is 88.7 Å². The van der Waals surface area contributed by atoms with E-state index in [9.17, 15) is 0 Å². The number of rotatable bonds is 5. The molecule has 1 heterocycles. The van der Waals surface area contributed by atoms with Crippen LogP contribution in [0.15, 0.2) is 253 Å². The molecule has 1 aromatic heterocycles. The van der Waals surface area contributed by atoms with E-state index in [-0.39, 0.29) is 5.41 Å². The number of anilines is 3. The van der Waals surface area contributed by atoms with Crippen LogP contribution >= 0.6 is 0 Å². The Kier molecular flexibility index (Phi) is 8.47. The van der Waals surface area contributed by atoms with Crippen molar-refractivity contribution >= 4 is 60.5 Å². The van der Waals surface area contributed by atoms with Gasteiger partial charge in [-0.2, -0.15) is 0 Å². The molecule has 0 bridgehead atoms. The van der Waals surface area contributed by atoms with Gasteiger partial charge in [0.1, 0.15) is 11.2 Å². The SMILES string of the molecule is CC1(C)c2ccccc2-c2ccc(N(c3ccc4c(c3)C3(c5ccccc5-c5ccccc53)c3ccccc3-4)c3ccc4oc5c6ccccc6ccc5c4c3-c3cccc(-c4cccc5ccccc45)c3)cc21. The third kappa shape index (κ3) is 5.49. The van der Waals surface area contributed by atoms with Gasteiger partial charge in [-0.15, -0.1) is 0 Å². The van der Waals surface area contributed by atoms with E-state index in [1.807, 2.05) is 0 Å². The lowest BCUT2D eigenvalue weighted by atomic mass is 9.70. The molecular formula is C72H47NO. The van der Waals surface area contributed by atoms with Crippen molar-refractivity contribution in [2.75, 3.05) is 4.90 Å². The second-order valence-electron chi connectivity index (χ2n) is 21.1. The van der Waals surface area contributed by atoms with E-state index < -0.39 is 5.41 Å². The van der Waals surface area contributed by atoms with Crippen LogP contribution in [0.5, 0.6) is 0 Å². The molecule has 2 heteroatoms. The molecule has 0 amide bonds. The summed E-state index contributed by atoms with van der Waals surface area (Å²) in [6.07, 6.45) is 0. The van der Waals surface area contributed by atoms with Crippen LogP contribution in [-0.4, -0.2) is 0 Å². The van der Waals surface area contributed by atoms with E-state index in [4.69, 9.17) is 4.42 Å². The molecule has 0 saturated carbocycles. The van der Waals surface area contributed by atoms with Gasteiger partial charge in [0.15, 0.2) is 0 Å². The minimum Gasteiger partial charge on any atom is -0.455 e. The highest BCUT2D eigenvalue weighted by Gasteiger charge is 2.52. The Morgan fingerprint density at radius 3 is 1.53 bits per heavy atom. The second kappa shape index (κ2) is 15.1. The van der Waals surface area contributed by atoms with Gasteiger partial charge >= 0.3 is 0 Å². The summed E-state index contributed by atoms with van der Waals surface area (Å²) in [5, 5.41) is 6.92. The monoisotopic (exact) mass is 941 g/mol. The van der Waals surface area contributed by atoms with Crippen LogP contribution in [0.3, 0.4) is 0 Å². The van der Waals surface area contributed by atoms with E-state index in [0.717, 1.165) is 60.9 Å². The van der Waals surface area contributed by atoms with Crippen molar-refractivity contribution in [1.82, 2.24) is 0 Å². The van der Waals surface area contributed by atoms with Gasteiger partial charge in [0, 0.05) is 38.5 Å². The highest BCUT2D eigenvalue weighted by atomic mass is 16.3. The maximum absolute atomic E-state index is 7.08. The van der Waals surface area contributed by atoms with Gasteiger partial charge < -0.3 is 9.32 Å². The number of hydrogen-bond donors (Lipinski definition) is 0. The predicted molar refractivity (Wildman–Crippen MR) is 308 cm³/mol. The summed E-state index contributed by atoms with van der Waals surface area (Å²) in [5.74, 6) is 0. The minimum atomic E-state index is -0.510. The zero-order valence-electron chi connectivity index (χ0n) is 41.0. The molecule has 3 aliphatic carbocycles. The van der Waals surface area contributed by atoms with Crippen LogP contribution in [0.1, 0.15) is 47.2 Å². The molecule has 0 fully saturated rings. The van der Waals surface area contributed by atoms with Crippen molar-refractivity contribution in [2.24, 2.45) is 0 Å². The lowest BCUT2D eigenvalue weighted by Crippen LogP contribution is -2.26. The number of furan rings is 1. The van der Waals surface area contributed by atoms with Gasteiger partial charge in [0.2, 0.25) is 0 Å². The average molecular weight is 942 g/mol. The topological polar surface area (TPSA) is 16.4 Å². The molecule has 16 rings (SSSR count). The van der Waals surface area contributed by atoms with Crippen molar-refractivity contribution in [3.05, 3.63) is 282 Å². The van der Waals surface area contributed by atoms with Crippen molar-refractivity contribution in [1.29, 1.82) is 0 Å². The van der Waals surface area contributed by atoms with Crippen LogP contribution in [-0.2, 0) is 10.8 Å². The Morgan fingerprint density at radius 2 is 0.838 bits per heavy atom. The normalized spacial score (nSPS) is 14.0. The Labute approximate surface area is 430 Å². The molecule has 0 saturated heterocycles. The molecule has 0 radical (unpaired) electrons. The van der Waals surface area contributed by atoms with Gasteiger partial charge in [0.05, 0.1) is 11.1 Å². The molecule has 0 aliphatic heterocycles. The van der Waals surface area contributed by atoms with Gasteiger partial charge in [-0.25, -0.2) is 0 Å². The predicted octanol–water partition coefficient (Wildman–Crippen LogP) is 19.3. The van der Waals surface area contributed by atoms with Gasteiger partial charge in [-0.1, -0.05) is 214 Å². The van der Waals surface area contributed by atoms with Crippen molar-refractivity contribution < 1.29 is 4.42 Å². The molecule has 13 aromatic rings. The zero-order valence-corrected chi connectivity index (χ0v) is 41.0. The van der Waals surface area contributed by atoms with Crippen LogP contribution in [0, 0.1) is 0 Å². The molecule has 74 heavy (non-hydrogen) atoms. The fourth-order valence-corrected chi connectivity index (χ4v) is 13.9. The molecular weight excluding hydrogens is 895 g/mol. The molecule has 0 N–H and O–H groups in total. The van der Waals surface area contributed by atoms with Crippen molar-refractivity contribution in [3.63, 3.8) is 0 Å². The summed E-state index contributed by atoms with van der Waals surface area (Å²) in [4.78, 5) is 2.56. The highest BCUT2D eigenvalue weighted by molar-refractivity contribution is 6.21. The zero-order chi connectivity index (χ0) is 48.9. The first kappa shape index (κ1) is 41.4. The molecule has 12 aromatic carbocycles. The van der Waals surface area contributed by atoms with E-state index in [2.05, 4.69) is 267 Å². The number of nitrogens with zero attached hydrogens (tertiary/aromatic N) is 1. The summed E-state index contributed by atoms with van der Waals surface area (Å²) in [7, 11) is 0.